The molecule has 2 aliphatic heterocycles. The molecule has 1 N–H and O–H groups in total. The van der Waals surface area contributed by atoms with Crippen molar-refractivity contribution in [3.8, 4) is 6.01 Å². The highest BCUT2D eigenvalue weighted by molar-refractivity contribution is 5.96. The van der Waals surface area contributed by atoms with E-state index in [1.807, 2.05) is 0 Å². The van der Waals surface area contributed by atoms with Gasteiger partial charge >= 0.3 is 6.01 Å². The van der Waals surface area contributed by atoms with Crippen LogP contribution >= 0.6 is 0 Å². The fourth-order valence-corrected chi connectivity index (χ4v) is 4.80. The number of hydrogen-bond acceptors (Lipinski definition) is 6. The molecule has 6 nitrogen and oxygen atoms in total. The molecule has 1 aromatic heterocycles. The van der Waals surface area contributed by atoms with E-state index in [1.165, 1.54) is 27.6 Å². The van der Waals surface area contributed by atoms with Crippen LogP contribution in [0.25, 0.3) is 10.8 Å². The summed E-state index contributed by atoms with van der Waals surface area (Å²) in [6, 6.07) is 13.7. The zero-order valence-corrected chi connectivity index (χ0v) is 17.8. The molecular weight excluding hydrogens is 374 g/mol. The van der Waals surface area contributed by atoms with Crippen molar-refractivity contribution in [3.05, 3.63) is 53.2 Å². The second-order valence-corrected chi connectivity index (χ2v) is 8.13. The van der Waals surface area contributed by atoms with Crippen LogP contribution in [0.4, 0.5) is 11.5 Å². The van der Waals surface area contributed by atoms with Crippen LogP contribution in [0.15, 0.2) is 36.4 Å². The lowest BCUT2D eigenvalue weighted by atomic mass is 10.0. The Kier molecular flexibility index (Phi) is 5.17. The molecule has 0 atom stereocenters. The molecule has 0 unspecified atom stereocenters. The quantitative estimate of drug-likeness (QED) is 0.726. The summed E-state index contributed by atoms with van der Waals surface area (Å²) in [6.45, 7) is 8.04. The van der Waals surface area contributed by atoms with Crippen molar-refractivity contribution >= 4 is 22.3 Å². The summed E-state index contributed by atoms with van der Waals surface area (Å²) >= 11 is 0. The number of benzene rings is 2. The monoisotopic (exact) mass is 403 g/mol. The first kappa shape index (κ1) is 19.1. The molecule has 1 saturated heterocycles. The first-order valence-corrected chi connectivity index (χ1v) is 10.9. The van der Waals surface area contributed by atoms with Crippen molar-refractivity contribution < 1.29 is 4.74 Å². The average Bonchev–Trinajstić information content (AvgIpc) is 3.01. The number of nitrogens with zero attached hydrogens (tertiary/aromatic N) is 4. The number of fused-ring (bicyclic) bond motifs is 2. The Morgan fingerprint density at radius 3 is 2.47 bits per heavy atom. The molecule has 0 bridgehead atoms. The Bertz CT molecular complexity index is 1060. The van der Waals surface area contributed by atoms with Crippen LogP contribution in [0.3, 0.4) is 0 Å². The van der Waals surface area contributed by atoms with Gasteiger partial charge < -0.3 is 19.9 Å². The molecule has 0 spiro atoms. The standard InChI is InChI=1S/C24H29N5O/c1-17-5-3-6-18-7-4-8-21(22(17)18)28-13-9-19-20(10-14-28)26-24(30-2)27-23(19)29-15-11-25-12-16-29/h3-8,25H,9-16H2,1-2H3. The molecule has 6 heteroatoms. The largest absolute Gasteiger partial charge is 0.467 e. The van der Waals surface area contributed by atoms with Crippen LogP contribution in [-0.2, 0) is 12.8 Å². The molecule has 2 aliphatic rings. The molecule has 1 fully saturated rings. The van der Waals surface area contributed by atoms with Gasteiger partial charge in [-0.1, -0.05) is 30.3 Å². The number of aromatic nitrogens is 2. The molecule has 3 heterocycles. The van der Waals surface area contributed by atoms with E-state index < -0.39 is 0 Å². The van der Waals surface area contributed by atoms with Crippen molar-refractivity contribution in [2.24, 2.45) is 0 Å². The predicted octanol–water partition coefficient (Wildman–Crippen LogP) is 2.96. The summed E-state index contributed by atoms with van der Waals surface area (Å²) in [6.07, 6.45) is 1.84. The maximum Gasteiger partial charge on any atom is 0.318 e. The van der Waals surface area contributed by atoms with E-state index >= 15 is 0 Å². The van der Waals surface area contributed by atoms with E-state index in [0.717, 1.165) is 63.6 Å². The lowest BCUT2D eigenvalue weighted by Gasteiger charge is -2.30. The Balaban J connectivity index is 1.51. The lowest BCUT2D eigenvalue weighted by molar-refractivity contribution is 0.377. The van der Waals surface area contributed by atoms with Gasteiger partial charge in [-0.15, -0.1) is 0 Å². The zero-order chi connectivity index (χ0) is 20.5. The second kappa shape index (κ2) is 8.11. The number of ether oxygens (including phenoxy) is 1. The Hall–Kier alpha value is -2.86. The molecule has 156 valence electrons. The number of rotatable bonds is 3. The SMILES string of the molecule is COc1nc2c(c(N3CCNCC3)n1)CCN(c1cccc3cccc(C)c13)CC2. The van der Waals surface area contributed by atoms with Gasteiger partial charge in [0, 0.05) is 62.3 Å². The van der Waals surface area contributed by atoms with Gasteiger partial charge in [-0.3, -0.25) is 0 Å². The van der Waals surface area contributed by atoms with Crippen molar-refractivity contribution in [1.29, 1.82) is 0 Å². The van der Waals surface area contributed by atoms with E-state index in [2.05, 4.69) is 58.4 Å². The highest BCUT2D eigenvalue weighted by Crippen LogP contribution is 2.33. The number of methoxy groups -OCH3 is 1. The molecular formula is C24H29N5O. The number of piperazine rings is 1. The van der Waals surface area contributed by atoms with E-state index in [4.69, 9.17) is 14.7 Å². The Morgan fingerprint density at radius 2 is 1.67 bits per heavy atom. The van der Waals surface area contributed by atoms with E-state index in [9.17, 15) is 0 Å². The highest BCUT2D eigenvalue weighted by atomic mass is 16.5. The van der Waals surface area contributed by atoms with Crippen molar-refractivity contribution in [1.82, 2.24) is 15.3 Å². The molecule has 5 rings (SSSR count). The topological polar surface area (TPSA) is 53.5 Å². The zero-order valence-electron chi connectivity index (χ0n) is 17.8. The molecule has 0 saturated carbocycles. The van der Waals surface area contributed by atoms with Gasteiger partial charge in [0.2, 0.25) is 0 Å². The number of aryl methyl sites for hydroxylation is 1. The van der Waals surface area contributed by atoms with Crippen molar-refractivity contribution in [3.63, 3.8) is 0 Å². The summed E-state index contributed by atoms with van der Waals surface area (Å²) in [4.78, 5) is 14.4. The molecule has 0 amide bonds. The lowest BCUT2D eigenvalue weighted by Crippen LogP contribution is -2.44. The second-order valence-electron chi connectivity index (χ2n) is 8.13. The summed E-state index contributed by atoms with van der Waals surface area (Å²) < 4.78 is 5.46. The molecule has 30 heavy (non-hydrogen) atoms. The van der Waals surface area contributed by atoms with E-state index in [0.29, 0.717) is 6.01 Å². The van der Waals surface area contributed by atoms with Gasteiger partial charge in [-0.25, -0.2) is 0 Å². The highest BCUT2D eigenvalue weighted by Gasteiger charge is 2.25. The fourth-order valence-electron chi connectivity index (χ4n) is 4.80. The van der Waals surface area contributed by atoms with Gasteiger partial charge in [0.25, 0.3) is 0 Å². The van der Waals surface area contributed by atoms with E-state index in [-0.39, 0.29) is 0 Å². The maximum atomic E-state index is 5.46. The summed E-state index contributed by atoms with van der Waals surface area (Å²) in [5.74, 6) is 1.06. The van der Waals surface area contributed by atoms with Crippen LogP contribution < -0.4 is 19.9 Å². The first-order valence-electron chi connectivity index (χ1n) is 10.9. The van der Waals surface area contributed by atoms with Crippen LogP contribution in [-0.4, -0.2) is 56.3 Å². The average molecular weight is 404 g/mol. The minimum atomic E-state index is 0.483. The van der Waals surface area contributed by atoms with Crippen molar-refractivity contribution in [2.45, 2.75) is 19.8 Å². The normalized spacial score (nSPS) is 17.0. The third-order valence-corrected chi connectivity index (χ3v) is 6.33. The van der Waals surface area contributed by atoms with Crippen LogP contribution in [0.2, 0.25) is 0 Å². The number of nitrogens with one attached hydrogen (secondary N) is 1. The van der Waals surface area contributed by atoms with Crippen molar-refractivity contribution in [2.75, 3.05) is 56.2 Å². The number of hydrogen-bond donors (Lipinski definition) is 1. The third kappa shape index (κ3) is 3.45. The first-order chi connectivity index (χ1) is 14.7. The van der Waals surface area contributed by atoms with Gasteiger partial charge in [-0.05, 0) is 30.4 Å². The maximum absolute atomic E-state index is 5.46. The molecule has 0 radical (unpaired) electrons. The van der Waals surface area contributed by atoms with Gasteiger partial charge in [-0.2, -0.15) is 9.97 Å². The third-order valence-electron chi connectivity index (χ3n) is 6.33. The number of anilines is 2. The van der Waals surface area contributed by atoms with Gasteiger partial charge in [0.15, 0.2) is 0 Å². The fraction of sp³-hybridized carbons (Fsp3) is 0.417. The molecule has 0 aliphatic carbocycles. The van der Waals surface area contributed by atoms with Crippen LogP contribution in [0, 0.1) is 6.92 Å². The Morgan fingerprint density at radius 1 is 0.900 bits per heavy atom. The predicted molar refractivity (Wildman–Crippen MR) is 122 cm³/mol. The van der Waals surface area contributed by atoms with Gasteiger partial charge in [0.1, 0.15) is 5.82 Å². The van der Waals surface area contributed by atoms with Gasteiger partial charge in [0.05, 0.1) is 12.8 Å². The smallest absolute Gasteiger partial charge is 0.318 e. The molecule has 2 aromatic carbocycles. The minimum absolute atomic E-state index is 0.483. The summed E-state index contributed by atoms with van der Waals surface area (Å²) in [5.41, 5.74) is 5.07. The van der Waals surface area contributed by atoms with Crippen LogP contribution in [0.1, 0.15) is 16.8 Å². The summed E-state index contributed by atoms with van der Waals surface area (Å²) in [5, 5.41) is 6.09. The van der Waals surface area contributed by atoms with Crippen LogP contribution in [0.5, 0.6) is 6.01 Å². The minimum Gasteiger partial charge on any atom is -0.467 e. The summed E-state index contributed by atoms with van der Waals surface area (Å²) in [7, 11) is 1.66. The Labute approximate surface area is 177 Å². The molecule has 3 aromatic rings. The van der Waals surface area contributed by atoms with E-state index in [1.54, 1.807) is 7.11 Å².